The van der Waals surface area contributed by atoms with Gasteiger partial charge in [-0.15, -0.1) is 0 Å². The van der Waals surface area contributed by atoms with E-state index in [1.165, 1.54) is 16.6 Å². The van der Waals surface area contributed by atoms with Gasteiger partial charge in [0.05, 0.1) is 6.10 Å². The van der Waals surface area contributed by atoms with Gasteiger partial charge in [0.1, 0.15) is 10.6 Å². The first-order valence-corrected chi connectivity index (χ1v) is 11.5. The number of hydrogen-bond acceptors (Lipinski definition) is 4. The number of aliphatic hydroxyl groups excluding tert-OH is 1. The monoisotopic (exact) mass is 397 g/mol. The van der Waals surface area contributed by atoms with Crippen LogP contribution in [0, 0.1) is 5.92 Å². The maximum absolute atomic E-state index is 12.8. The molecule has 8 heteroatoms. The second-order valence-electron chi connectivity index (χ2n) is 7.79. The van der Waals surface area contributed by atoms with Crippen LogP contribution < -0.4 is 5.32 Å². The minimum Gasteiger partial charge on any atom is -0.393 e. The van der Waals surface area contributed by atoms with Crippen LogP contribution in [0.15, 0.2) is 17.2 Å². The molecule has 1 saturated carbocycles. The predicted molar refractivity (Wildman–Crippen MR) is 103 cm³/mol. The first-order chi connectivity index (χ1) is 12.9. The Morgan fingerprint density at radius 1 is 1.22 bits per heavy atom. The van der Waals surface area contributed by atoms with E-state index in [-0.39, 0.29) is 16.9 Å². The molecule has 0 aromatic carbocycles. The number of nitrogens with zero attached hydrogens (tertiary/aromatic N) is 2. The molecule has 1 amide bonds. The van der Waals surface area contributed by atoms with E-state index in [9.17, 15) is 18.3 Å². The zero-order valence-corrected chi connectivity index (χ0v) is 16.9. The summed E-state index contributed by atoms with van der Waals surface area (Å²) in [4.78, 5) is 12.6. The highest BCUT2D eigenvalue weighted by atomic mass is 32.2. The van der Waals surface area contributed by atoms with Crippen molar-refractivity contribution in [2.24, 2.45) is 13.0 Å². The number of aliphatic hydroxyl groups is 1. The van der Waals surface area contributed by atoms with Gasteiger partial charge in [-0.3, -0.25) is 4.79 Å². The predicted octanol–water partition coefficient (Wildman–Crippen LogP) is 1.87. The molecule has 1 saturated heterocycles. The van der Waals surface area contributed by atoms with Gasteiger partial charge in [0.25, 0.3) is 5.91 Å². The molecule has 2 aliphatic rings. The summed E-state index contributed by atoms with van der Waals surface area (Å²) in [5.74, 6) is 0.0859. The summed E-state index contributed by atoms with van der Waals surface area (Å²) in [5, 5.41) is 12.7. The maximum Gasteiger partial charge on any atom is 0.267 e. The fourth-order valence-corrected chi connectivity index (χ4v) is 5.76. The summed E-state index contributed by atoms with van der Waals surface area (Å²) in [6.45, 7) is 1.62. The van der Waals surface area contributed by atoms with Gasteiger partial charge in [-0.2, -0.15) is 4.31 Å². The molecule has 7 nitrogen and oxygen atoms in total. The van der Waals surface area contributed by atoms with Crippen molar-refractivity contribution in [2.75, 3.05) is 19.6 Å². The number of aryl methyl sites for hydroxylation is 1. The third-order valence-electron chi connectivity index (χ3n) is 5.82. The van der Waals surface area contributed by atoms with Crippen molar-refractivity contribution in [2.45, 2.75) is 62.4 Å². The number of sulfonamides is 1. The van der Waals surface area contributed by atoms with E-state index in [1.807, 2.05) is 0 Å². The number of piperidine rings is 1. The van der Waals surface area contributed by atoms with Crippen molar-refractivity contribution >= 4 is 15.9 Å². The number of nitrogens with one attached hydrogen (secondary N) is 1. The average molecular weight is 398 g/mol. The van der Waals surface area contributed by atoms with Crippen LogP contribution >= 0.6 is 0 Å². The van der Waals surface area contributed by atoms with Gasteiger partial charge in [-0.05, 0) is 50.5 Å². The van der Waals surface area contributed by atoms with Crippen LogP contribution in [0.4, 0.5) is 0 Å². The Morgan fingerprint density at radius 2 is 1.96 bits per heavy atom. The third kappa shape index (κ3) is 4.73. The van der Waals surface area contributed by atoms with Crippen molar-refractivity contribution in [1.82, 2.24) is 14.2 Å². The van der Waals surface area contributed by atoms with E-state index in [1.54, 1.807) is 11.6 Å². The molecular weight excluding hydrogens is 366 g/mol. The van der Waals surface area contributed by atoms with E-state index in [0.29, 0.717) is 31.2 Å². The molecule has 2 N–H and O–H groups in total. The smallest absolute Gasteiger partial charge is 0.267 e. The van der Waals surface area contributed by atoms with E-state index >= 15 is 0 Å². The van der Waals surface area contributed by atoms with Gasteiger partial charge in [-0.25, -0.2) is 8.42 Å². The van der Waals surface area contributed by atoms with Crippen LogP contribution in [0.1, 0.15) is 61.9 Å². The first-order valence-electron chi connectivity index (χ1n) is 10.0. The summed E-state index contributed by atoms with van der Waals surface area (Å²) in [5.41, 5.74) is 0.353. The lowest BCUT2D eigenvalue weighted by Crippen LogP contribution is -2.35. The molecule has 2 fully saturated rings. The number of carbonyl (C=O) groups excluding carboxylic acids is 1. The van der Waals surface area contributed by atoms with Crippen molar-refractivity contribution in [1.29, 1.82) is 0 Å². The summed E-state index contributed by atoms with van der Waals surface area (Å²) in [6.07, 6.45) is 8.90. The molecule has 0 unspecified atom stereocenters. The third-order valence-corrected chi connectivity index (χ3v) is 7.69. The lowest BCUT2D eigenvalue weighted by molar-refractivity contribution is 0.0941. The summed E-state index contributed by atoms with van der Waals surface area (Å²) in [7, 11) is -1.84. The highest BCUT2D eigenvalue weighted by Gasteiger charge is 2.28. The molecule has 1 aromatic heterocycles. The Labute approximate surface area is 161 Å². The minimum absolute atomic E-state index is 0.186. The van der Waals surface area contributed by atoms with E-state index < -0.39 is 10.0 Å². The summed E-state index contributed by atoms with van der Waals surface area (Å²) in [6, 6.07) is 1.47. The fraction of sp³-hybridized carbons (Fsp3) is 0.737. The minimum atomic E-state index is -3.53. The standard InChI is InChI=1S/C19H31N3O4S/c1-21-14-16(27(25,26)22-11-3-2-4-12-22)13-17(21)19(24)20-10-6-8-15-7-5-9-18(15)23/h13-15,18,23H,2-12H2,1H3,(H,20,24)/t15-,18-/m1/s1. The van der Waals surface area contributed by atoms with Gasteiger partial charge < -0.3 is 15.0 Å². The highest BCUT2D eigenvalue weighted by molar-refractivity contribution is 7.89. The van der Waals surface area contributed by atoms with E-state index in [2.05, 4.69) is 5.32 Å². The van der Waals surface area contributed by atoms with Crippen molar-refractivity contribution in [3.05, 3.63) is 18.0 Å². The molecule has 0 radical (unpaired) electrons. The Morgan fingerprint density at radius 3 is 2.63 bits per heavy atom. The quantitative estimate of drug-likeness (QED) is 0.687. The van der Waals surface area contributed by atoms with Crippen molar-refractivity contribution in [3.8, 4) is 0 Å². The lowest BCUT2D eigenvalue weighted by Gasteiger charge is -2.25. The summed E-state index contributed by atoms with van der Waals surface area (Å²) < 4.78 is 28.6. The van der Waals surface area contributed by atoms with Gasteiger partial charge >= 0.3 is 0 Å². The SMILES string of the molecule is Cn1cc(S(=O)(=O)N2CCCCC2)cc1C(=O)NCCC[C@H]1CCC[C@H]1O. The zero-order valence-electron chi connectivity index (χ0n) is 16.1. The van der Waals surface area contributed by atoms with Crippen LogP contribution in [0.3, 0.4) is 0 Å². The van der Waals surface area contributed by atoms with Crippen molar-refractivity contribution in [3.63, 3.8) is 0 Å². The van der Waals surface area contributed by atoms with Gasteiger partial charge in [-0.1, -0.05) is 12.8 Å². The molecule has 3 rings (SSSR count). The van der Waals surface area contributed by atoms with Crippen LogP contribution in [0.2, 0.25) is 0 Å². The molecular formula is C19H31N3O4S. The average Bonchev–Trinajstić information content (AvgIpc) is 3.25. The second kappa shape index (κ2) is 8.75. The topological polar surface area (TPSA) is 91.6 Å². The Kier molecular flexibility index (Phi) is 6.60. The van der Waals surface area contributed by atoms with Crippen LogP contribution in [-0.2, 0) is 17.1 Å². The van der Waals surface area contributed by atoms with E-state index in [4.69, 9.17) is 0 Å². The molecule has 27 heavy (non-hydrogen) atoms. The Balaban J connectivity index is 1.56. The molecule has 1 aliphatic heterocycles. The van der Waals surface area contributed by atoms with E-state index in [0.717, 1.165) is 51.4 Å². The summed E-state index contributed by atoms with van der Waals surface area (Å²) >= 11 is 0. The van der Waals surface area contributed by atoms with Gasteiger partial charge in [0.15, 0.2) is 0 Å². The van der Waals surface area contributed by atoms with Crippen LogP contribution in [-0.4, -0.2) is 54.0 Å². The largest absolute Gasteiger partial charge is 0.393 e. The number of carbonyl (C=O) groups is 1. The molecule has 0 spiro atoms. The lowest BCUT2D eigenvalue weighted by atomic mass is 10.00. The molecule has 2 heterocycles. The Bertz CT molecular complexity index is 753. The second-order valence-corrected chi connectivity index (χ2v) is 9.73. The number of aromatic nitrogens is 1. The Hall–Kier alpha value is -1.38. The normalized spacial score (nSPS) is 24.2. The van der Waals surface area contributed by atoms with Crippen molar-refractivity contribution < 1.29 is 18.3 Å². The number of rotatable bonds is 7. The molecule has 1 aromatic rings. The first kappa shape index (κ1) is 20.4. The fourth-order valence-electron chi connectivity index (χ4n) is 4.17. The number of amides is 1. The molecule has 152 valence electrons. The zero-order chi connectivity index (χ0) is 19.4. The van der Waals surface area contributed by atoms with Crippen LogP contribution in [0.5, 0.6) is 0 Å². The maximum atomic E-state index is 12.8. The molecule has 2 atom stereocenters. The highest BCUT2D eigenvalue weighted by Crippen LogP contribution is 2.29. The van der Waals surface area contributed by atoms with Crippen LogP contribution in [0.25, 0.3) is 0 Å². The number of hydrogen-bond donors (Lipinski definition) is 2. The molecule has 0 bridgehead atoms. The van der Waals surface area contributed by atoms with Gasteiger partial charge in [0.2, 0.25) is 10.0 Å². The van der Waals surface area contributed by atoms with Gasteiger partial charge in [0, 0.05) is 32.9 Å². The molecule has 1 aliphatic carbocycles.